The van der Waals surface area contributed by atoms with Crippen molar-refractivity contribution in [2.45, 2.75) is 24.3 Å². The van der Waals surface area contributed by atoms with E-state index >= 15 is 0 Å². The number of aromatic nitrogens is 1. The maximum atomic E-state index is 12.8. The molecule has 31 heavy (non-hydrogen) atoms. The van der Waals surface area contributed by atoms with E-state index in [4.69, 9.17) is 5.73 Å². The first-order chi connectivity index (χ1) is 14.8. The molecule has 0 bridgehead atoms. The van der Waals surface area contributed by atoms with Crippen LogP contribution >= 0.6 is 35.7 Å². The molecular formula is C20H18N4O4S3. The lowest BCUT2D eigenvalue weighted by Crippen LogP contribution is -2.70. The summed E-state index contributed by atoms with van der Waals surface area (Å²) in [4.78, 5) is 54.4. The van der Waals surface area contributed by atoms with Crippen LogP contribution in [0.5, 0.6) is 0 Å². The van der Waals surface area contributed by atoms with Crippen LogP contribution in [0.2, 0.25) is 0 Å². The number of amides is 3. The maximum absolute atomic E-state index is 12.8. The number of benzene rings is 1. The Labute approximate surface area is 191 Å². The molecule has 2 aliphatic rings. The molecule has 2 aliphatic heterocycles. The number of carbonyl (C=O) groups excluding carboxylic acids is 4. The van der Waals surface area contributed by atoms with Crippen molar-refractivity contribution in [3.63, 3.8) is 0 Å². The largest absolute Gasteiger partial charge is 0.369 e. The van der Waals surface area contributed by atoms with Gasteiger partial charge in [0.1, 0.15) is 22.1 Å². The fraction of sp³-hybridized carbons (Fsp3) is 0.250. The van der Waals surface area contributed by atoms with Crippen LogP contribution < -0.4 is 11.1 Å². The predicted molar refractivity (Wildman–Crippen MR) is 121 cm³/mol. The fourth-order valence-corrected chi connectivity index (χ4v) is 6.04. The number of thiazole rings is 1. The number of β-lactam (4-membered cyclic amide) rings is 1. The number of fused-ring (bicyclic) bond motifs is 1. The Balaban J connectivity index is 1.51. The van der Waals surface area contributed by atoms with Crippen LogP contribution in [-0.4, -0.2) is 49.9 Å². The van der Waals surface area contributed by atoms with Crippen molar-refractivity contribution in [1.29, 1.82) is 0 Å². The van der Waals surface area contributed by atoms with Gasteiger partial charge >= 0.3 is 0 Å². The van der Waals surface area contributed by atoms with Gasteiger partial charge in [-0.2, -0.15) is 0 Å². The summed E-state index contributed by atoms with van der Waals surface area (Å²) in [5.74, 6) is -0.692. The van der Waals surface area contributed by atoms with Gasteiger partial charge in [-0.1, -0.05) is 43.0 Å². The number of nitrogens with zero attached hydrogens (tertiary/aromatic N) is 2. The molecule has 3 heterocycles. The summed E-state index contributed by atoms with van der Waals surface area (Å²) in [6.45, 7) is 0. The fourth-order valence-electron chi connectivity index (χ4n) is 3.49. The first-order valence-electron chi connectivity index (χ1n) is 9.32. The van der Waals surface area contributed by atoms with E-state index in [1.54, 1.807) is 5.38 Å². The molecule has 0 unspecified atom stereocenters. The van der Waals surface area contributed by atoms with E-state index in [0.717, 1.165) is 5.56 Å². The Kier molecular flexibility index (Phi) is 6.17. The Bertz CT molecular complexity index is 1100. The van der Waals surface area contributed by atoms with Crippen molar-refractivity contribution in [2.24, 2.45) is 5.73 Å². The second kappa shape index (κ2) is 8.85. The normalized spacial score (nSPS) is 20.2. The van der Waals surface area contributed by atoms with Crippen molar-refractivity contribution < 1.29 is 19.2 Å². The Morgan fingerprint density at radius 2 is 1.97 bits per heavy atom. The average Bonchev–Trinajstić information content (AvgIpc) is 3.19. The summed E-state index contributed by atoms with van der Waals surface area (Å²) in [6, 6.07) is 8.55. The lowest BCUT2D eigenvalue weighted by Gasteiger charge is -2.49. The molecule has 160 valence electrons. The standard InChI is InChI=1S/C20H18N4O4S3/c21-13(25)7-11-8-30-17(22-11)12-9-31-19-15(18(27)24(19)16(12)20(28)29)23-14(26)6-10-4-2-1-3-5-10/h1-5,8,15,19H,6-7,9H2,(H2,21,25)(H,23,26)(H,28,29)/t15-,19-/m1/s1. The van der Waals surface area contributed by atoms with Gasteiger partial charge in [0.2, 0.25) is 16.9 Å². The molecule has 3 amide bonds. The van der Waals surface area contributed by atoms with E-state index in [0.29, 0.717) is 22.0 Å². The van der Waals surface area contributed by atoms with E-state index in [-0.39, 0.29) is 35.7 Å². The van der Waals surface area contributed by atoms with Gasteiger partial charge in [-0.3, -0.25) is 24.1 Å². The predicted octanol–water partition coefficient (Wildman–Crippen LogP) is 0.981. The summed E-state index contributed by atoms with van der Waals surface area (Å²) < 4.78 is 0. The topological polar surface area (TPSA) is 122 Å². The molecule has 0 aliphatic carbocycles. The maximum Gasteiger partial charge on any atom is 0.253 e. The summed E-state index contributed by atoms with van der Waals surface area (Å²) in [6.07, 6.45) is 0.172. The highest BCUT2D eigenvalue weighted by atomic mass is 32.2. The van der Waals surface area contributed by atoms with Gasteiger partial charge in [0.15, 0.2) is 0 Å². The van der Waals surface area contributed by atoms with Crippen LogP contribution in [0.15, 0.2) is 41.4 Å². The SMILES string of the molecule is NC(=O)Cc1csc(C2=C(C(=O)S)N3C(=O)[C@@H](NC(=O)Cc4ccccc4)[C@H]3SC2)n1. The molecule has 8 nitrogen and oxygen atoms in total. The van der Waals surface area contributed by atoms with Gasteiger partial charge < -0.3 is 11.1 Å². The summed E-state index contributed by atoms with van der Waals surface area (Å²) >= 11 is 6.69. The number of thiol groups is 1. The van der Waals surface area contributed by atoms with E-state index < -0.39 is 17.1 Å². The smallest absolute Gasteiger partial charge is 0.253 e. The summed E-state index contributed by atoms with van der Waals surface area (Å²) in [5.41, 5.74) is 7.34. The molecule has 2 aromatic rings. The van der Waals surface area contributed by atoms with Crippen LogP contribution in [0.3, 0.4) is 0 Å². The van der Waals surface area contributed by atoms with Gasteiger partial charge in [0.05, 0.1) is 18.5 Å². The zero-order valence-electron chi connectivity index (χ0n) is 16.1. The number of rotatable bonds is 7. The molecule has 3 N–H and O–H groups in total. The minimum atomic E-state index is -0.702. The quantitative estimate of drug-likeness (QED) is 0.406. The highest BCUT2D eigenvalue weighted by molar-refractivity contribution is 8.00. The lowest BCUT2D eigenvalue weighted by molar-refractivity contribution is -0.146. The molecule has 1 aromatic carbocycles. The first-order valence-corrected chi connectivity index (χ1v) is 11.7. The van der Waals surface area contributed by atoms with Gasteiger partial charge in [-0.05, 0) is 5.56 Å². The average molecular weight is 475 g/mol. The van der Waals surface area contributed by atoms with Gasteiger partial charge in [0.25, 0.3) is 5.91 Å². The highest BCUT2D eigenvalue weighted by Gasteiger charge is 2.54. The Hall–Kier alpha value is -2.63. The number of carbonyl (C=O) groups is 4. The minimum absolute atomic E-state index is 0.00185. The molecule has 1 saturated heterocycles. The monoisotopic (exact) mass is 474 g/mol. The van der Waals surface area contributed by atoms with Crippen LogP contribution in [0.4, 0.5) is 0 Å². The van der Waals surface area contributed by atoms with Crippen molar-refractivity contribution >= 4 is 64.1 Å². The number of nitrogens with two attached hydrogens (primary N) is 1. The Morgan fingerprint density at radius 1 is 1.23 bits per heavy atom. The van der Waals surface area contributed by atoms with E-state index in [9.17, 15) is 19.2 Å². The third-order valence-electron chi connectivity index (χ3n) is 4.86. The molecule has 2 atom stereocenters. The number of nitrogens with one attached hydrogen (secondary N) is 1. The van der Waals surface area contributed by atoms with Crippen molar-refractivity contribution in [3.8, 4) is 0 Å². The summed E-state index contributed by atoms with van der Waals surface area (Å²) in [7, 11) is 0. The third-order valence-corrected chi connectivity index (χ3v) is 7.30. The van der Waals surface area contributed by atoms with Crippen molar-refractivity contribution in [1.82, 2.24) is 15.2 Å². The molecular weight excluding hydrogens is 456 g/mol. The number of hydrogen-bond acceptors (Lipinski definition) is 7. The van der Waals surface area contributed by atoms with Gasteiger partial charge in [-0.25, -0.2) is 4.98 Å². The second-order valence-corrected chi connectivity index (χ2v) is 9.41. The second-order valence-electron chi connectivity index (χ2n) is 7.04. The lowest BCUT2D eigenvalue weighted by atomic mass is 10.0. The van der Waals surface area contributed by atoms with Crippen molar-refractivity contribution in [3.05, 3.63) is 57.7 Å². The molecule has 4 rings (SSSR count). The number of primary amides is 1. The first kappa shape index (κ1) is 21.6. The number of hydrogen-bond donors (Lipinski definition) is 3. The minimum Gasteiger partial charge on any atom is -0.369 e. The van der Waals surface area contributed by atoms with E-state index in [2.05, 4.69) is 22.9 Å². The van der Waals surface area contributed by atoms with E-state index in [1.807, 2.05) is 30.3 Å². The molecule has 1 aromatic heterocycles. The zero-order chi connectivity index (χ0) is 22.1. The molecule has 1 fully saturated rings. The van der Waals surface area contributed by atoms with Crippen LogP contribution in [0.1, 0.15) is 16.3 Å². The van der Waals surface area contributed by atoms with Crippen LogP contribution in [-0.2, 0) is 32.0 Å². The van der Waals surface area contributed by atoms with Crippen molar-refractivity contribution in [2.75, 3.05) is 5.75 Å². The molecule has 0 radical (unpaired) electrons. The third kappa shape index (κ3) is 4.39. The zero-order valence-corrected chi connectivity index (χ0v) is 18.6. The molecule has 0 saturated carbocycles. The highest BCUT2D eigenvalue weighted by Crippen LogP contribution is 2.44. The Morgan fingerprint density at radius 3 is 2.65 bits per heavy atom. The van der Waals surface area contributed by atoms with Crippen LogP contribution in [0.25, 0.3) is 5.57 Å². The van der Waals surface area contributed by atoms with Gasteiger partial charge in [-0.15, -0.1) is 23.1 Å². The molecule has 11 heteroatoms. The van der Waals surface area contributed by atoms with Gasteiger partial charge in [0, 0.05) is 16.7 Å². The summed E-state index contributed by atoms with van der Waals surface area (Å²) in [5, 5.41) is 4.10. The number of thioether (sulfide) groups is 1. The van der Waals surface area contributed by atoms with E-state index in [1.165, 1.54) is 28.0 Å². The van der Waals surface area contributed by atoms with Crippen LogP contribution in [0, 0.1) is 0 Å². The molecule has 0 spiro atoms.